The second kappa shape index (κ2) is 7.22. The van der Waals surface area contributed by atoms with E-state index in [2.05, 4.69) is 20.6 Å². The van der Waals surface area contributed by atoms with Crippen molar-refractivity contribution in [3.63, 3.8) is 0 Å². The molecule has 0 aromatic carbocycles. The molecule has 0 saturated carbocycles. The smallest absolute Gasteiger partial charge is 0.0795 e. The maximum Gasteiger partial charge on any atom is 0.0795 e. The second-order valence-electron chi connectivity index (χ2n) is 4.28. The molecule has 2 heterocycles. The molecule has 1 aliphatic heterocycles. The molecule has 0 radical (unpaired) electrons. The Morgan fingerprint density at radius 2 is 2.50 bits per heavy atom. The SMILES string of the molecule is CNCC1CCCN(Cc2cscn2)C1.Cl. The van der Waals surface area contributed by atoms with Gasteiger partial charge in [-0.25, -0.2) is 4.98 Å². The molecule has 1 aliphatic rings. The fourth-order valence-corrected chi connectivity index (χ4v) is 2.84. The van der Waals surface area contributed by atoms with Gasteiger partial charge in [0.05, 0.1) is 11.2 Å². The van der Waals surface area contributed by atoms with Crippen LogP contribution in [0.5, 0.6) is 0 Å². The van der Waals surface area contributed by atoms with Gasteiger partial charge in [-0.2, -0.15) is 0 Å². The maximum absolute atomic E-state index is 4.34. The fraction of sp³-hybridized carbons (Fsp3) is 0.727. The minimum absolute atomic E-state index is 0. The van der Waals surface area contributed by atoms with E-state index in [4.69, 9.17) is 0 Å². The number of thiazole rings is 1. The minimum Gasteiger partial charge on any atom is -0.319 e. The van der Waals surface area contributed by atoms with Gasteiger partial charge < -0.3 is 5.32 Å². The average molecular weight is 262 g/mol. The number of nitrogens with one attached hydrogen (secondary N) is 1. The first-order valence-corrected chi connectivity index (χ1v) is 6.57. The third kappa shape index (κ3) is 4.01. The first kappa shape index (κ1) is 13.9. The van der Waals surface area contributed by atoms with Crippen LogP contribution in [0.3, 0.4) is 0 Å². The van der Waals surface area contributed by atoms with Gasteiger partial charge in [-0.3, -0.25) is 4.90 Å². The summed E-state index contributed by atoms with van der Waals surface area (Å²) >= 11 is 1.69. The molecule has 1 N–H and O–H groups in total. The van der Waals surface area contributed by atoms with Crippen LogP contribution >= 0.6 is 23.7 Å². The van der Waals surface area contributed by atoms with Gasteiger partial charge in [0.1, 0.15) is 0 Å². The topological polar surface area (TPSA) is 28.2 Å². The van der Waals surface area contributed by atoms with Crippen LogP contribution < -0.4 is 5.32 Å². The summed E-state index contributed by atoms with van der Waals surface area (Å²) < 4.78 is 0. The van der Waals surface area contributed by atoms with E-state index in [0.29, 0.717) is 0 Å². The van der Waals surface area contributed by atoms with E-state index < -0.39 is 0 Å². The molecule has 3 nitrogen and oxygen atoms in total. The number of hydrogen-bond acceptors (Lipinski definition) is 4. The van der Waals surface area contributed by atoms with E-state index in [1.165, 1.54) is 31.6 Å². The first-order valence-electron chi connectivity index (χ1n) is 5.62. The molecule has 1 saturated heterocycles. The Balaban J connectivity index is 0.00000128. The lowest BCUT2D eigenvalue weighted by Crippen LogP contribution is -2.38. The molecule has 1 aromatic heterocycles. The van der Waals surface area contributed by atoms with Crippen molar-refractivity contribution in [1.82, 2.24) is 15.2 Å². The van der Waals surface area contributed by atoms with Gasteiger partial charge in [0.2, 0.25) is 0 Å². The Bertz CT molecular complexity index is 277. The molecule has 2 rings (SSSR count). The van der Waals surface area contributed by atoms with Crippen LogP contribution in [0.1, 0.15) is 18.5 Å². The predicted molar refractivity (Wildman–Crippen MR) is 71.3 cm³/mol. The van der Waals surface area contributed by atoms with Crippen molar-refractivity contribution in [2.75, 3.05) is 26.7 Å². The standard InChI is InChI=1S/C11H19N3S.ClH/c1-12-5-10-3-2-4-14(6-10)7-11-8-15-9-13-11;/h8-10,12H,2-7H2,1H3;1H. The van der Waals surface area contributed by atoms with Crippen molar-refractivity contribution < 1.29 is 0 Å². The molecule has 92 valence electrons. The van der Waals surface area contributed by atoms with Crippen molar-refractivity contribution in [2.24, 2.45) is 5.92 Å². The number of rotatable bonds is 4. The first-order chi connectivity index (χ1) is 7.38. The van der Waals surface area contributed by atoms with Crippen LogP contribution in [-0.4, -0.2) is 36.6 Å². The Hall–Kier alpha value is -0.160. The molecule has 1 aromatic rings. The summed E-state index contributed by atoms with van der Waals surface area (Å²) in [7, 11) is 2.04. The highest BCUT2D eigenvalue weighted by atomic mass is 35.5. The Kier molecular flexibility index (Phi) is 6.28. The zero-order valence-corrected chi connectivity index (χ0v) is 11.3. The largest absolute Gasteiger partial charge is 0.319 e. The molecule has 5 heteroatoms. The van der Waals surface area contributed by atoms with Crippen LogP contribution in [0.25, 0.3) is 0 Å². The van der Waals surface area contributed by atoms with Gasteiger partial charge >= 0.3 is 0 Å². The number of piperidine rings is 1. The molecule has 16 heavy (non-hydrogen) atoms. The van der Waals surface area contributed by atoms with Crippen LogP contribution in [0.4, 0.5) is 0 Å². The summed E-state index contributed by atoms with van der Waals surface area (Å²) in [6.07, 6.45) is 2.70. The lowest BCUT2D eigenvalue weighted by molar-refractivity contribution is 0.165. The van der Waals surface area contributed by atoms with Crippen molar-refractivity contribution >= 4 is 23.7 Å². The molecule has 1 unspecified atom stereocenters. The molecule has 0 spiro atoms. The highest BCUT2D eigenvalue weighted by Gasteiger charge is 2.19. The Labute approximate surface area is 108 Å². The maximum atomic E-state index is 4.34. The summed E-state index contributed by atoms with van der Waals surface area (Å²) in [5, 5.41) is 5.43. The lowest BCUT2D eigenvalue weighted by atomic mass is 9.98. The van der Waals surface area contributed by atoms with Crippen LogP contribution in [0, 0.1) is 5.92 Å². The normalized spacial score (nSPS) is 21.7. The number of halogens is 1. The van der Waals surface area contributed by atoms with Gasteiger partial charge in [0.15, 0.2) is 0 Å². The van der Waals surface area contributed by atoms with Crippen LogP contribution in [0.2, 0.25) is 0 Å². The van der Waals surface area contributed by atoms with E-state index in [1.807, 2.05) is 12.6 Å². The fourth-order valence-electron chi connectivity index (χ4n) is 2.29. The van der Waals surface area contributed by atoms with Crippen molar-refractivity contribution in [1.29, 1.82) is 0 Å². The zero-order valence-electron chi connectivity index (χ0n) is 9.69. The average Bonchev–Trinajstić information content (AvgIpc) is 2.71. The summed E-state index contributed by atoms with van der Waals surface area (Å²) in [5.74, 6) is 0.822. The zero-order chi connectivity index (χ0) is 10.5. The van der Waals surface area contributed by atoms with E-state index in [9.17, 15) is 0 Å². The Morgan fingerprint density at radius 1 is 1.62 bits per heavy atom. The number of hydrogen-bond donors (Lipinski definition) is 1. The summed E-state index contributed by atoms with van der Waals surface area (Å²) in [5.41, 5.74) is 3.15. The third-order valence-corrected chi connectivity index (χ3v) is 3.60. The van der Waals surface area contributed by atoms with E-state index in [0.717, 1.165) is 19.0 Å². The van der Waals surface area contributed by atoms with Gasteiger partial charge in [-0.1, -0.05) is 0 Å². The molecule has 0 amide bonds. The van der Waals surface area contributed by atoms with E-state index >= 15 is 0 Å². The van der Waals surface area contributed by atoms with Crippen molar-refractivity contribution in [3.05, 3.63) is 16.6 Å². The van der Waals surface area contributed by atoms with Crippen molar-refractivity contribution in [2.45, 2.75) is 19.4 Å². The molecular formula is C11H20ClN3S. The number of likely N-dealkylation sites (tertiary alicyclic amines) is 1. The predicted octanol–water partition coefficient (Wildman–Crippen LogP) is 2.00. The van der Waals surface area contributed by atoms with Crippen molar-refractivity contribution in [3.8, 4) is 0 Å². The van der Waals surface area contributed by atoms with Crippen LogP contribution in [-0.2, 0) is 6.54 Å². The van der Waals surface area contributed by atoms with Gasteiger partial charge in [-0.15, -0.1) is 23.7 Å². The lowest BCUT2D eigenvalue weighted by Gasteiger charge is -2.32. The molecule has 1 atom stereocenters. The van der Waals surface area contributed by atoms with E-state index in [-0.39, 0.29) is 12.4 Å². The highest BCUT2D eigenvalue weighted by Crippen LogP contribution is 2.17. The Morgan fingerprint density at radius 3 is 3.19 bits per heavy atom. The third-order valence-electron chi connectivity index (χ3n) is 2.96. The number of nitrogens with zero attached hydrogens (tertiary/aromatic N) is 2. The summed E-state index contributed by atoms with van der Waals surface area (Å²) in [6, 6.07) is 0. The van der Waals surface area contributed by atoms with Gasteiger partial charge in [0, 0.05) is 18.5 Å². The van der Waals surface area contributed by atoms with E-state index in [1.54, 1.807) is 11.3 Å². The quantitative estimate of drug-likeness (QED) is 0.899. The monoisotopic (exact) mass is 261 g/mol. The van der Waals surface area contributed by atoms with Gasteiger partial charge in [-0.05, 0) is 38.9 Å². The summed E-state index contributed by atoms with van der Waals surface area (Å²) in [6.45, 7) is 4.63. The molecular weight excluding hydrogens is 242 g/mol. The summed E-state index contributed by atoms with van der Waals surface area (Å²) in [4.78, 5) is 6.87. The van der Waals surface area contributed by atoms with Gasteiger partial charge in [0.25, 0.3) is 0 Å². The number of aromatic nitrogens is 1. The van der Waals surface area contributed by atoms with Crippen LogP contribution in [0.15, 0.2) is 10.9 Å². The molecule has 0 aliphatic carbocycles. The second-order valence-corrected chi connectivity index (χ2v) is 5.00. The molecule has 0 bridgehead atoms. The molecule has 1 fully saturated rings. The minimum atomic E-state index is 0. The highest BCUT2D eigenvalue weighted by molar-refractivity contribution is 7.07.